The fourth-order valence-electron chi connectivity index (χ4n) is 1.84. The summed E-state index contributed by atoms with van der Waals surface area (Å²) in [4.78, 5) is 17.4. The third-order valence-corrected chi connectivity index (χ3v) is 2.97. The topological polar surface area (TPSA) is 83.8 Å². The quantitative estimate of drug-likeness (QED) is 0.616. The molecule has 0 aliphatic heterocycles. The van der Waals surface area contributed by atoms with Gasteiger partial charge in [-0.3, -0.25) is 10.1 Å². The predicted octanol–water partition coefficient (Wildman–Crippen LogP) is 2.21. The van der Waals surface area contributed by atoms with Crippen LogP contribution in [0.2, 0.25) is 0 Å². The summed E-state index contributed by atoms with van der Waals surface area (Å²) in [7, 11) is 0. The van der Waals surface area contributed by atoms with Crippen LogP contribution in [0.3, 0.4) is 0 Å². The third-order valence-electron chi connectivity index (χ3n) is 2.97. The molecule has 2 rings (SSSR count). The molecular formula is C13H16N4O2. The molecule has 0 spiro atoms. The van der Waals surface area contributed by atoms with Crippen LogP contribution < -0.4 is 5.32 Å². The summed E-state index contributed by atoms with van der Waals surface area (Å²) in [6.07, 6.45) is 4.36. The summed E-state index contributed by atoms with van der Waals surface area (Å²) in [5.74, 6) is 0.948. The second kappa shape index (κ2) is 6.10. The largest absolute Gasteiger partial charge is 0.349 e. The Kier molecular flexibility index (Phi) is 4.25. The SMILES string of the molecule is CC(NCCc1ncc[nH]1)c1ccc([N+](=O)[O-])cc1. The summed E-state index contributed by atoms with van der Waals surface area (Å²) in [5.41, 5.74) is 1.15. The number of H-pyrrole nitrogens is 1. The number of imidazole rings is 1. The first-order valence-electron chi connectivity index (χ1n) is 6.13. The van der Waals surface area contributed by atoms with Gasteiger partial charge in [-0.1, -0.05) is 12.1 Å². The normalized spacial score (nSPS) is 12.3. The minimum Gasteiger partial charge on any atom is -0.349 e. The van der Waals surface area contributed by atoms with Crippen LogP contribution in [0.25, 0.3) is 0 Å². The molecule has 2 aromatic rings. The smallest absolute Gasteiger partial charge is 0.269 e. The molecule has 1 aromatic heterocycles. The zero-order valence-corrected chi connectivity index (χ0v) is 10.7. The van der Waals surface area contributed by atoms with Crippen molar-refractivity contribution in [2.24, 2.45) is 0 Å². The van der Waals surface area contributed by atoms with E-state index < -0.39 is 4.92 Å². The molecule has 100 valence electrons. The van der Waals surface area contributed by atoms with Gasteiger partial charge < -0.3 is 10.3 Å². The molecular weight excluding hydrogens is 244 g/mol. The van der Waals surface area contributed by atoms with Crippen LogP contribution in [-0.4, -0.2) is 21.4 Å². The van der Waals surface area contributed by atoms with Gasteiger partial charge in [0.2, 0.25) is 0 Å². The molecule has 0 aliphatic rings. The van der Waals surface area contributed by atoms with Gasteiger partial charge in [0.15, 0.2) is 0 Å². The Labute approximate surface area is 111 Å². The number of nitro groups is 1. The number of nitrogens with one attached hydrogen (secondary N) is 2. The van der Waals surface area contributed by atoms with Gasteiger partial charge in [0.05, 0.1) is 4.92 Å². The minimum absolute atomic E-state index is 0.117. The highest BCUT2D eigenvalue weighted by Crippen LogP contribution is 2.17. The Morgan fingerprint density at radius 1 is 1.42 bits per heavy atom. The lowest BCUT2D eigenvalue weighted by molar-refractivity contribution is -0.384. The van der Waals surface area contributed by atoms with Crippen molar-refractivity contribution in [2.45, 2.75) is 19.4 Å². The van der Waals surface area contributed by atoms with Crippen molar-refractivity contribution in [1.82, 2.24) is 15.3 Å². The number of aromatic nitrogens is 2. The van der Waals surface area contributed by atoms with E-state index in [1.807, 2.05) is 6.92 Å². The van der Waals surface area contributed by atoms with Gasteiger partial charge >= 0.3 is 0 Å². The van der Waals surface area contributed by atoms with E-state index in [4.69, 9.17) is 0 Å². The van der Waals surface area contributed by atoms with Crippen LogP contribution in [-0.2, 0) is 6.42 Å². The summed E-state index contributed by atoms with van der Waals surface area (Å²) in [6.45, 7) is 2.83. The molecule has 2 N–H and O–H groups in total. The Morgan fingerprint density at radius 3 is 2.74 bits per heavy atom. The Hall–Kier alpha value is -2.21. The molecule has 0 bridgehead atoms. The number of hydrogen-bond acceptors (Lipinski definition) is 4. The van der Waals surface area contributed by atoms with Gasteiger partial charge in [-0.2, -0.15) is 0 Å². The Morgan fingerprint density at radius 2 is 2.16 bits per heavy atom. The highest BCUT2D eigenvalue weighted by Gasteiger charge is 2.08. The molecule has 1 heterocycles. The van der Waals surface area contributed by atoms with E-state index in [0.717, 1.165) is 24.4 Å². The van der Waals surface area contributed by atoms with Gasteiger partial charge in [-0.05, 0) is 12.5 Å². The van der Waals surface area contributed by atoms with Crippen molar-refractivity contribution in [3.8, 4) is 0 Å². The molecule has 1 aromatic carbocycles. The fraction of sp³-hybridized carbons (Fsp3) is 0.308. The van der Waals surface area contributed by atoms with Crippen LogP contribution in [0, 0.1) is 10.1 Å². The van der Waals surface area contributed by atoms with Gasteiger partial charge in [-0.25, -0.2) is 4.98 Å². The zero-order valence-electron chi connectivity index (χ0n) is 10.7. The maximum atomic E-state index is 10.6. The number of benzene rings is 1. The lowest BCUT2D eigenvalue weighted by Crippen LogP contribution is -2.21. The van der Waals surface area contributed by atoms with Crippen LogP contribution in [0.5, 0.6) is 0 Å². The van der Waals surface area contributed by atoms with E-state index in [2.05, 4.69) is 15.3 Å². The first kappa shape index (κ1) is 13.2. The molecule has 1 unspecified atom stereocenters. The standard InChI is InChI=1S/C13H16N4O2/c1-10(14-7-6-13-15-8-9-16-13)11-2-4-12(5-3-11)17(18)19/h2-5,8-10,14H,6-7H2,1H3,(H,15,16). The second-order valence-corrected chi connectivity index (χ2v) is 4.31. The van der Waals surface area contributed by atoms with Crippen LogP contribution in [0.15, 0.2) is 36.7 Å². The summed E-state index contributed by atoms with van der Waals surface area (Å²) in [6, 6.07) is 6.77. The van der Waals surface area contributed by atoms with Gasteiger partial charge in [0.25, 0.3) is 5.69 Å². The van der Waals surface area contributed by atoms with E-state index in [1.54, 1.807) is 24.5 Å². The molecule has 0 saturated heterocycles. The lowest BCUT2D eigenvalue weighted by Gasteiger charge is -2.13. The number of rotatable bonds is 6. The second-order valence-electron chi connectivity index (χ2n) is 4.31. The monoisotopic (exact) mass is 260 g/mol. The summed E-state index contributed by atoms with van der Waals surface area (Å²) < 4.78 is 0. The van der Waals surface area contributed by atoms with Gasteiger partial charge in [-0.15, -0.1) is 0 Å². The van der Waals surface area contributed by atoms with Crippen molar-refractivity contribution in [1.29, 1.82) is 0 Å². The Balaban J connectivity index is 1.85. The Bertz CT molecular complexity index is 522. The maximum absolute atomic E-state index is 10.6. The zero-order chi connectivity index (χ0) is 13.7. The van der Waals surface area contributed by atoms with Crippen molar-refractivity contribution in [3.05, 3.63) is 58.2 Å². The number of nitrogens with zero attached hydrogens (tertiary/aromatic N) is 2. The first-order valence-corrected chi connectivity index (χ1v) is 6.13. The minimum atomic E-state index is -0.390. The third kappa shape index (κ3) is 3.62. The number of non-ortho nitro benzene ring substituents is 1. The number of nitro benzene ring substituents is 1. The van der Waals surface area contributed by atoms with E-state index >= 15 is 0 Å². The lowest BCUT2D eigenvalue weighted by atomic mass is 10.1. The number of hydrogen-bond donors (Lipinski definition) is 2. The molecule has 6 heteroatoms. The molecule has 0 aliphatic carbocycles. The van der Waals surface area contributed by atoms with E-state index in [0.29, 0.717) is 0 Å². The average molecular weight is 260 g/mol. The summed E-state index contributed by atoms with van der Waals surface area (Å²) >= 11 is 0. The fourth-order valence-corrected chi connectivity index (χ4v) is 1.84. The molecule has 0 saturated carbocycles. The number of aromatic amines is 1. The summed E-state index contributed by atoms with van der Waals surface area (Å²) in [5, 5.41) is 13.9. The van der Waals surface area contributed by atoms with E-state index in [-0.39, 0.29) is 11.7 Å². The van der Waals surface area contributed by atoms with E-state index in [1.165, 1.54) is 12.1 Å². The van der Waals surface area contributed by atoms with Crippen molar-refractivity contribution < 1.29 is 4.92 Å². The van der Waals surface area contributed by atoms with Gasteiger partial charge in [0, 0.05) is 43.5 Å². The molecule has 0 radical (unpaired) electrons. The maximum Gasteiger partial charge on any atom is 0.269 e. The first-order chi connectivity index (χ1) is 9.16. The molecule has 1 atom stereocenters. The predicted molar refractivity (Wildman–Crippen MR) is 71.8 cm³/mol. The highest BCUT2D eigenvalue weighted by molar-refractivity contribution is 5.34. The van der Waals surface area contributed by atoms with Crippen LogP contribution >= 0.6 is 0 Å². The molecule has 0 amide bonds. The van der Waals surface area contributed by atoms with Crippen LogP contribution in [0.1, 0.15) is 24.4 Å². The highest BCUT2D eigenvalue weighted by atomic mass is 16.6. The molecule has 0 fully saturated rings. The van der Waals surface area contributed by atoms with Gasteiger partial charge in [0.1, 0.15) is 5.82 Å². The average Bonchev–Trinajstić information content (AvgIpc) is 2.92. The van der Waals surface area contributed by atoms with Crippen molar-refractivity contribution in [3.63, 3.8) is 0 Å². The molecule has 19 heavy (non-hydrogen) atoms. The molecule has 6 nitrogen and oxygen atoms in total. The van der Waals surface area contributed by atoms with Crippen molar-refractivity contribution >= 4 is 5.69 Å². The van der Waals surface area contributed by atoms with E-state index in [9.17, 15) is 10.1 Å². The van der Waals surface area contributed by atoms with Crippen LogP contribution in [0.4, 0.5) is 5.69 Å². The van der Waals surface area contributed by atoms with Crippen molar-refractivity contribution in [2.75, 3.05) is 6.54 Å².